The number of carbonyl (C=O) groups is 5. The molecule has 784 valence electrons. The molecular weight excluding hydrogens is 1830 g/mol. The van der Waals surface area contributed by atoms with Gasteiger partial charge in [-0.05, 0) is 388 Å². The lowest BCUT2D eigenvalue weighted by Crippen LogP contribution is -2.45. The number of ether oxygens (including phenoxy) is 5. The minimum Gasteiger partial charge on any atom is -0.444 e. The number of rotatable bonds is 27. The number of anilines is 2. The number of hydrogen-bond acceptors (Lipinski definition) is 28. The van der Waals surface area contributed by atoms with Crippen molar-refractivity contribution < 1.29 is 100 Å². The molecule has 5 amide bonds. The molecule has 3 aromatic rings. The molecule has 6 saturated heterocycles. The number of aromatic nitrogens is 3. The first-order valence-electron chi connectivity index (χ1n) is 47.5. The maximum atomic E-state index is 12.5. The van der Waals surface area contributed by atoms with Crippen molar-refractivity contribution in [3.63, 3.8) is 0 Å². The van der Waals surface area contributed by atoms with Crippen molar-refractivity contribution in [1.29, 1.82) is 0 Å². The number of aliphatic hydroxyl groups excluding tert-OH is 2. The summed E-state index contributed by atoms with van der Waals surface area (Å²) in [6.07, 6.45) is 17.0. The Morgan fingerprint density at radius 3 is 0.897 bits per heavy atom. The molecule has 0 spiro atoms. The van der Waals surface area contributed by atoms with Gasteiger partial charge in [-0.15, -0.1) is 0 Å². The van der Waals surface area contributed by atoms with E-state index in [0.29, 0.717) is 92.5 Å². The highest BCUT2D eigenvalue weighted by molar-refractivity contribution is 7.89. The van der Waals surface area contributed by atoms with E-state index in [9.17, 15) is 62.0 Å². The van der Waals surface area contributed by atoms with Gasteiger partial charge in [-0.1, -0.05) is 18.2 Å². The summed E-state index contributed by atoms with van der Waals surface area (Å²) in [6, 6.07) is 12.7. The Morgan fingerprint density at radius 1 is 0.404 bits per heavy atom. The Kier molecular flexibility index (Phi) is 46.5. The van der Waals surface area contributed by atoms with E-state index in [1.807, 2.05) is 137 Å². The normalized spacial score (nSPS) is 21.0. The maximum absolute atomic E-state index is 12.5. The SMILES string of the molecule is CC(C)(C)OC(=O)N1CC(CCCN)CC1(C)C.CC(C)(C)OC(=O)N1CC(CCCNc2cccc(S(N)(=O)=O)n2)CC1(C)C.CC(C)(C)OC(=O)N1CC(CCCO)CC1(C)C.CC(C)(C)OC(=O)N1CC(CCCOS(C)(=O)=O)CC1(C)C.CC(C)(C)OC(=O)N1C[C@@H](CCCNc2cccc(S(N)(=O)=O)n2)CC1(C)C.CC1(C)CC(CCCO)CN1.NS(=O)(=O)c1cccc(F)n1. The standard InChI is InChI=1S/2C19H32N4O4S.C15H29NO5S.C14H28N2O2.C14H27NO3.C9H19NO.C5H5FN2O2S/c2*1-18(2,3)27-17(24)23-13-14(12-19(23,4)5)8-7-11-21-15-9-6-10-16(22-15)28(20,25)26;1-14(2,3)21-13(17)16-11-12(10-15(16,4)5)8-7-9-20-22(6,18)19;1-13(2,3)18-12(17)16-10-11(7-6-8-15)9-14(16,4)5;1-13(2,3)18-12(17)15-10-11(7-6-8-16)9-14(15,4)5;1-9(2)6-8(7-10-9)4-3-5-11;6-4-2-1-3-5(8-4)11(7,9)10/h2*6,9-10,14H,7-8,11-13H2,1-5H3,(H,21,22)(H2,20,25,26);12H,7-11H2,1-6H3;11H,6-10,15H2,1-5H3;11,16H,6-10H2,1-5H3;8,10-11H,3-7H2,1-2H3;1-3H,(H2,7,9,10)/t14-;;;;;;/m0....../s1. The summed E-state index contributed by atoms with van der Waals surface area (Å²) in [5, 5.41) is 41.4. The molecule has 6 aliphatic heterocycles. The summed E-state index contributed by atoms with van der Waals surface area (Å²) >= 11 is 0. The van der Waals surface area contributed by atoms with E-state index < -0.39 is 79.2 Å². The van der Waals surface area contributed by atoms with Gasteiger partial charge in [-0.25, -0.2) is 79.6 Å². The first-order chi connectivity index (χ1) is 61.8. The lowest BCUT2D eigenvalue weighted by molar-refractivity contribution is 0.0118. The van der Waals surface area contributed by atoms with Crippen LogP contribution in [0.1, 0.15) is 303 Å². The monoisotopic (exact) mass is 2010 g/mol. The molecule has 13 N–H and O–H groups in total. The van der Waals surface area contributed by atoms with Gasteiger partial charge in [0.05, 0.1) is 12.9 Å². The first-order valence-corrected chi connectivity index (χ1v) is 53.9. The second-order valence-corrected chi connectivity index (χ2v) is 51.5. The molecule has 0 aromatic carbocycles. The third-order valence-corrected chi connectivity index (χ3v) is 26.2. The van der Waals surface area contributed by atoms with Crippen LogP contribution in [0.5, 0.6) is 0 Å². The summed E-state index contributed by atoms with van der Waals surface area (Å²) in [6.45, 7) is 60.8. The molecular formula is C95H172FN15O21S4. The van der Waals surface area contributed by atoms with Crippen molar-refractivity contribution in [1.82, 2.24) is 44.8 Å². The van der Waals surface area contributed by atoms with Crippen molar-refractivity contribution in [2.24, 2.45) is 56.7 Å². The molecule has 6 fully saturated rings. The van der Waals surface area contributed by atoms with Crippen molar-refractivity contribution in [2.75, 3.05) is 95.6 Å². The molecule has 36 nitrogen and oxygen atoms in total. The van der Waals surface area contributed by atoms with Crippen LogP contribution >= 0.6 is 0 Å². The van der Waals surface area contributed by atoms with Crippen LogP contribution in [-0.4, -0.2) is 260 Å². The molecule has 9 heterocycles. The van der Waals surface area contributed by atoms with Crippen LogP contribution in [0.3, 0.4) is 0 Å². The lowest BCUT2D eigenvalue weighted by atomic mass is 9.93. The van der Waals surface area contributed by atoms with Crippen LogP contribution in [0.15, 0.2) is 69.7 Å². The highest BCUT2D eigenvalue weighted by Gasteiger charge is 2.48. The van der Waals surface area contributed by atoms with Crippen LogP contribution in [0.2, 0.25) is 0 Å². The van der Waals surface area contributed by atoms with Gasteiger partial charge >= 0.3 is 30.5 Å². The molecule has 41 heteroatoms. The number of halogens is 1. The average Bonchev–Trinajstić information content (AvgIpc) is 1.68. The summed E-state index contributed by atoms with van der Waals surface area (Å²) in [4.78, 5) is 81.8. The third-order valence-electron chi connectivity index (χ3n) is 23.1. The summed E-state index contributed by atoms with van der Waals surface area (Å²) in [7, 11) is -14.9. The van der Waals surface area contributed by atoms with Crippen LogP contribution < -0.4 is 37.1 Å². The number of sulfonamides is 3. The second-order valence-electron chi connectivity index (χ2n) is 45.3. The van der Waals surface area contributed by atoms with Crippen LogP contribution in [0.4, 0.5) is 40.0 Å². The molecule has 0 aliphatic carbocycles. The van der Waals surface area contributed by atoms with Gasteiger partial charge in [-0.2, -0.15) is 12.8 Å². The minimum absolute atomic E-state index is 0.110. The smallest absolute Gasteiger partial charge is 0.410 e. The van der Waals surface area contributed by atoms with Gasteiger partial charge in [-0.3, -0.25) is 4.18 Å². The van der Waals surface area contributed by atoms with Crippen LogP contribution in [-0.2, 0) is 68.1 Å². The van der Waals surface area contributed by atoms with Crippen molar-refractivity contribution in [3.8, 4) is 0 Å². The Balaban J connectivity index is 0.000000418. The van der Waals surface area contributed by atoms with Gasteiger partial charge < -0.3 is 80.1 Å². The van der Waals surface area contributed by atoms with Crippen LogP contribution in [0.25, 0.3) is 0 Å². The van der Waals surface area contributed by atoms with Gasteiger partial charge in [0.1, 0.15) is 39.6 Å². The van der Waals surface area contributed by atoms with E-state index in [4.69, 9.17) is 54.1 Å². The van der Waals surface area contributed by atoms with E-state index >= 15 is 0 Å². The lowest BCUT2D eigenvalue weighted by Gasteiger charge is -2.33. The third kappa shape index (κ3) is 47.4. The van der Waals surface area contributed by atoms with Crippen molar-refractivity contribution in [3.05, 3.63) is 60.5 Å². The largest absolute Gasteiger partial charge is 0.444 e. The molecule has 6 aliphatic rings. The zero-order valence-electron chi connectivity index (χ0n) is 86.9. The molecule has 0 bridgehead atoms. The fraction of sp³-hybridized carbons (Fsp3) is 0.789. The number of amides is 5. The fourth-order valence-corrected chi connectivity index (χ4v) is 19.3. The van der Waals surface area contributed by atoms with E-state index in [2.05, 4.69) is 105 Å². The number of primary sulfonamides is 3. The summed E-state index contributed by atoms with van der Waals surface area (Å²) in [5.41, 5.74) is 2.52. The number of nitrogens with zero attached hydrogens (tertiary/aromatic N) is 8. The quantitative estimate of drug-likeness (QED) is 0.0148. The second kappa shape index (κ2) is 51.5. The first kappa shape index (κ1) is 123. The zero-order chi connectivity index (χ0) is 104. The Bertz CT molecular complexity index is 4550. The number of hydrogen-bond donors (Lipinski definition) is 9. The van der Waals surface area contributed by atoms with E-state index in [0.717, 1.165) is 147 Å². The molecule has 9 rings (SSSR count). The molecule has 3 aromatic heterocycles. The topological polar surface area (TPSA) is 513 Å². The molecule has 0 saturated carbocycles. The van der Waals surface area contributed by atoms with Gasteiger partial charge in [0.25, 0.3) is 40.2 Å². The maximum Gasteiger partial charge on any atom is 0.410 e. The van der Waals surface area contributed by atoms with E-state index in [1.54, 1.807) is 29.2 Å². The number of pyridine rings is 3. The fourth-order valence-electron chi connectivity index (χ4n) is 17.4. The summed E-state index contributed by atoms with van der Waals surface area (Å²) in [5.74, 6) is 3.04. The van der Waals surface area contributed by atoms with Crippen molar-refractivity contribution in [2.45, 2.75) is 379 Å². The molecule has 6 atom stereocenters. The number of carbonyl (C=O) groups excluding carboxylic acids is 5. The van der Waals surface area contributed by atoms with Crippen molar-refractivity contribution >= 4 is 82.3 Å². The van der Waals surface area contributed by atoms with Crippen LogP contribution in [0, 0.1) is 41.5 Å². The highest BCUT2D eigenvalue weighted by Crippen LogP contribution is 2.42. The van der Waals surface area contributed by atoms with Gasteiger partial charge in [0.15, 0.2) is 15.1 Å². The number of nitrogens with two attached hydrogens (primary N) is 4. The van der Waals surface area contributed by atoms with Gasteiger partial charge in [0, 0.05) is 92.3 Å². The van der Waals surface area contributed by atoms with Gasteiger partial charge in [0.2, 0.25) is 5.95 Å². The average molecular weight is 2010 g/mol. The molecule has 136 heavy (non-hydrogen) atoms. The van der Waals surface area contributed by atoms with E-state index in [1.165, 1.54) is 31.0 Å². The number of likely N-dealkylation sites (tertiary alicyclic amines) is 5. The highest BCUT2D eigenvalue weighted by atomic mass is 32.2. The Morgan fingerprint density at radius 2 is 0.662 bits per heavy atom. The Labute approximate surface area is 814 Å². The van der Waals surface area contributed by atoms with E-state index in [-0.39, 0.29) is 81.4 Å². The predicted octanol–water partition coefficient (Wildman–Crippen LogP) is 15.3. The predicted molar refractivity (Wildman–Crippen MR) is 529 cm³/mol. The number of nitrogens with one attached hydrogen (secondary N) is 3. The number of aliphatic hydroxyl groups is 2. The Hall–Kier alpha value is -7.19. The minimum atomic E-state index is -3.88. The molecule has 0 radical (unpaired) electrons. The summed E-state index contributed by atoms with van der Waals surface area (Å²) < 4.78 is 133. The zero-order valence-corrected chi connectivity index (χ0v) is 90.2. The molecule has 5 unspecified atom stereocenters.